The predicted molar refractivity (Wildman–Crippen MR) is 170 cm³/mol. The molecule has 4 heterocycles. The first-order chi connectivity index (χ1) is 22.8. The number of ether oxygens (including phenoxy) is 3. The Labute approximate surface area is 277 Å². The monoisotopic (exact) mass is 694 g/mol. The number of halogens is 5. The number of carbonyl (C=O) groups is 1. The summed E-state index contributed by atoms with van der Waals surface area (Å²) in [6.45, 7) is 8.30. The molecule has 1 unspecified atom stereocenters. The number of piperazine rings is 1. The lowest BCUT2D eigenvalue weighted by atomic mass is 9.92. The number of hydrogen-bond donors (Lipinski definition) is 0. The zero-order chi connectivity index (χ0) is 34.7. The first kappa shape index (κ1) is 34.3. The van der Waals surface area contributed by atoms with Crippen molar-refractivity contribution >= 4 is 34.4 Å². The van der Waals surface area contributed by atoms with E-state index in [4.69, 9.17) is 14.2 Å². The highest BCUT2D eigenvalue weighted by atomic mass is 32.2. The van der Waals surface area contributed by atoms with Gasteiger partial charge in [0.15, 0.2) is 6.29 Å². The highest BCUT2D eigenvalue weighted by molar-refractivity contribution is 7.99. The first-order valence-electron chi connectivity index (χ1n) is 15.5. The van der Waals surface area contributed by atoms with Crippen LogP contribution in [0.1, 0.15) is 43.7 Å². The van der Waals surface area contributed by atoms with Gasteiger partial charge in [0.1, 0.15) is 17.5 Å². The second-order valence-corrected chi connectivity index (χ2v) is 13.4. The normalized spacial score (nSPS) is 21.8. The number of thioether (sulfide) groups is 1. The van der Waals surface area contributed by atoms with Gasteiger partial charge >= 0.3 is 11.9 Å². The number of methoxy groups -OCH3 is 2. The quantitative estimate of drug-likeness (QED) is 0.171. The Hall–Kier alpha value is -3.53. The number of amides is 1. The summed E-state index contributed by atoms with van der Waals surface area (Å²) in [6.07, 6.45) is -4.69. The third kappa shape index (κ3) is 5.77. The summed E-state index contributed by atoms with van der Waals surface area (Å²) < 4.78 is 93.6. The molecule has 1 amide bonds. The van der Waals surface area contributed by atoms with Crippen molar-refractivity contribution in [1.82, 2.24) is 14.5 Å². The summed E-state index contributed by atoms with van der Waals surface area (Å²) in [5.41, 5.74) is -2.95. The first-order valence-corrected chi connectivity index (χ1v) is 16.4. The molecule has 3 aliphatic heterocycles. The van der Waals surface area contributed by atoms with Crippen LogP contribution in [0, 0.1) is 17.6 Å². The van der Waals surface area contributed by atoms with E-state index in [2.05, 4.69) is 11.6 Å². The van der Waals surface area contributed by atoms with Crippen LogP contribution < -0.4 is 10.6 Å². The van der Waals surface area contributed by atoms with Crippen molar-refractivity contribution in [3.05, 3.63) is 64.1 Å². The molecule has 2 saturated heterocycles. The van der Waals surface area contributed by atoms with Gasteiger partial charge in [-0.15, -0.1) is 11.8 Å². The highest BCUT2D eigenvalue weighted by Crippen LogP contribution is 2.51. The topological polar surface area (TPSA) is 86.1 Å². The van der Waals surface area contributed by atoms with Crippen LogP contribution in [0.4, 0.5) is 27.8 Å². The number of anilines is 1. The van der Waals surface area contributed by atoms with Crippen LogP contribution in [0.15, 0.2) is 40.5 Å². The van der Waals surface area contributed by atoms with Gasteiger partial charge in [-0.25, -0.2) is 13.6 Å². The van der Waals surface area contributed by atoms with Crippen LogP contribution in [-0.2, 0) is 25.2 Å². The van der Waals surface area contributed by atoms with Gasteiger partial charge in [0.25, 0.3) is 0 Å². The molecule has 3 aliphatic rings. The standard InChI is InChI=1S/C33H35F5N4O5S/c1-6-26(43)40-12-17(3)41(13-16(40)2)30-21-10-22(33(36,37)38)27(19-9-20(31(45-4)46-5)24(35)11-23(19)34)29-28(21)42(32(44)39-30)25(7-8-48-29)18-14-47-15-18/h6,9-11,16-18,25,31H,1,7-8,12-15H2,2-5H3/t16-,17+,25?/m1/s1. The van der Waals surface area contributed by atoms with E-state index >= 15 is 22.0 Å². The van der Waals surface area contributed by atoms with E-state index in [0.717, 1.165) is 23.9 Å². The van der Waals surface area contributed by atoms with Crippen molar-refractivity contribution in [1.29, 1.82) is 0 Å². The summed E-state index contributed by atoms with van der Waals surface area (Å²) in [5.74, 6) is -2.28. The number of carbonyl (C=O) groups excluding carboxylic acids is 1. The van der Waals surface area contributed by atoms with Gasteiger partial charge < -0.3 is 24.0 Å². The molecule has 9 nitrogen and oxygen atoms in total. The summed E-state index contributed by atoms with van der Waals surface area (Å²) in [6, 6.07) is 1.16. The van der Waals surface area contributed by atoms with Crippen LogP contribution in [0.2, 0.25) is 0 Å². The van der Waals surface area contributed by atoms with E-state index in [9.17, 15) is 9.59 Å². The maximum Gasteiger partial charge on any atom is 0.417 e. The lowest BCUT2D eigenvalue weighted by Crippen LogP contribution is -2.58. The van der Waals surface area contributed by atoms with Crippen molar-refractivity contribution in [2.24, 2.45) is 5.92 Å². The van der Waals surface area contributed by atoms with Crippen LogP contribution in [0.25, 0.3) is 22.0 Å². The maximum absolute atomic E-state index is 15.8. The molecule has 258 valence electrons. The van der Waals surface area contributed by atoms with E-state index in [1.165, 1.54) is 24.9 Å². The van der Waals surface area contributed by atoms with Gasteiger partial charge in [0.2, 0.25) is 5.91 Å². The minimum Gasteiger partial charge on any atom is -0.381 e. The Balaban J connectivity index is 1.69. The van der Waals surface area contributed by atoms with E-state index in [1.54, 1.807) is 23.6 Å². The molecule has 1 aromatic heterocycles. The van der Waals surface area contributed by atoms with Gasteiger partial charge in [-0.3, -0.25) is 9.36 Å². The fourth-order valence-corrected chi connectivity index (χ4v) is 8.26. The molecule has 0 aliphatic carbocycles. The third-order valence-electron chi connectivity index (χ3n) is 9.40. The number of benzene rings is 2. The second-order valence-electron chi connectivity index (χ2n) is 12.3. The van der Waals surface area contributed by atoms with Crippen molar-refractivity contribution in [2.45, 2.75) is 55.8 Å². The molecule has 3 atom stereocenters. The van der Waals surface area contributed by atoms with Gasteiger partial charge in [-0.2, -0.15) is 18.2 Å². The Bertz CT molecular complexity index is 1830. The molecule has 0 radical (unpaired) electrons. The van der Waals surface area contributed by atoms with Gasteiger partial charge in [-0.05, 0) is 38.5 Å². The average Bonchev–Trinajstić information content (AvgIpc) is 3.20. The van der Waals surface area contributed by atoms with Gasteiger partial charge in [-0.1, -0.05) is 6.58 Å². The zero-order valence-corrected chi connectivity index (χ0v) is 27.6. The molecule has 2 aromatic carbocycles. The Morgan fingerprint density at radius 3 is 2.42 bits per heavy atom. The molecule has 0 spiro atoms. The Morgan fingerprint density at radius 1 is 1.10 bits per heavy atom. The fourth-order valence-electron chi connectivity index (χ4n) is 6.98. The summed E-state index contributed by atoms with van der Waals surface area (Å²) >= 11 is 1.09. The molecule has 0 saturated carbocycles. The molecular formula is C33H35F5N4O5S. The van der Waals surface area contributed by atoms with Crippen LogP contribution in [-0.4, -0.2) is 78.7 Å². The Morgan fingerprint density at radius 2 is 1.81 bits per heavy atom. The molecule has 0 bridgehead atoms. The van der Waals surface area contributed by atoms with E-state index in [1.807, 2.05) is 0 Å². The highest BCUT2D eigenvalue weighted by Gasteiger charge is 2.42. The smallest absolute Gasteiger partial charge is 0.381 e. The second kappa shape index (κ2) is 13.1. The molecular weight excluding hydrogens is 659 g/mol. The van der Waals surface area contributed by atoms with Gasteiger partial charge in [0, 0.05) is 90.1 Å². The van der Waals surface area contributed by atoms with Crippen molar-refractivity contribution < 1.29 is 41.0 Å². The predicted octanol–water partition coefficient (Wildman–Crippen LogP) is 5.95. The van der Waals surface area contributed by atoms with Crippen LogP contribution in [0.5, 0.6) is 0 Å². The van der Waals surface area contributed by atoms with Crippen LogP contribution in [0.3, 0.4) is 0 Å². The average molecular weight is 695 g/mol. The van der Waals surface area contributed by atoms with Crippen molar-refractivity contribution in [2.75, 3.05) is 51.2 Å². The summed E-state index contributed by atoms with van der Waals surface area (Å²) in [4.78, 5) is 34.5. The minimum absolute atomic E-state index is 0.0346. The summed E-state index contributed by atoms with van der Waals surface area (Å²) in [5, 5.41) is 0.0669. The number of hydrogen-bond acceptors (Lipinski definition) is 8. The fraction of sp³-hybridized carbons (Fsp3) is 0.485. The SMILES string of the molecule is C=CC(=O)N1C[C@H](C)N(c2nc(=O)n3c4c(c(-c5cc(C(OC)OC)c(F)cc5F)c(C(F)(F)F)cc24)SCCC3C2COC2)C[C@H]1C. The van der Waals surface area contributed by atoms with E-state index in [-0.39, 0.29) is 58.1 Å². The lowest BCUT2D eigenvalue weighted by Gasteiger charge is -2.45. The number of aromatic nitrogens is 2. The number of rotatable bonds is 7. The molecule has 3 aromatic rings. The molecule has 48 heavy (non-hydrogen) atoms. The maximum atomic E-state index is 15.8. The van der Waals surface area contributed by atoms with Crippen molar-refractivity contribution in [3.8, 4) is 11.1 Å². The minimum atomic E-state index is -5.00. The number of nitrogens with zero attached hydrogens (tertiary/aromatic N) is 4. The zero-order valence-electron chi connectivity index (χ0n) is 26.8. The molecule has 6 rings (SSSR count). The largest absolute Gasteiger partial charge is 0.417 e. The summed E-state index contributed by atoms with van der Waals surface area (Å²) in [7, 11) is 2.45. The number of alkyl halides is 3. The van der Waals surface area contributed by atoms with Gasteiger partial charge in [0.05, 0.1) is 24.3 Å². The van der Waals surface area contributed by atoms with Crippen LogP contribution >= 0.6 is 11.8 Å². The molecule has 0 N–H and O–H groups in total. The molecule has 15 heteroatoms. The Kier molecular flexibility index (Phi) is 9.35. The third-order valence-corrected chi connectivity index (χ3v) is 10.5. The van der Waals surface area contributed by atoms with E-state index in [0.29, 0.717) is 31.5 Å². The van der Waals surface area contributed by atoms with E-state index < -0.39 is 58.6 Å². The van der Waals surface area contributed by atoms with Crippen molar-refractivity contribution in [3.63, 3.8) is 0 Å². The lowest BCUT2D eigenvalue weighted by molar-refractivity contribution is -0.137. The molecule has 2 fully saturated rings.